The number of para-hydroxylation sites is 1. The third-order valence-electron chi connectivity index (χ3n) is 4.71. The van der Waals surface area contributed by atoms with Crippen molar-refractivity contribution in [1.82, 2.24) is 9.47 Å². The quantitative estimate of drug-likeness (QED) is 0.423. The number of aromatic nitrogens is 1. The Balaban J connectivity index is 1.60. The molecule has 0 unspecified atom stereocenters. The lowest BCUT2D eigenvalue weighted by Crippen LogP contribution is -2.33. The molecule has 1 aliphatic heterocycles. The van der Waals surface area contributed by atoms with Crippen molar-refractivity contribution in [2.75, 3.05) is 11.9 Å². The Kier molecular flexibility index (Phi) is 6.06. The molecule has 0 atom stereocenters. The van der Waals surface area contributed by atoms with Crippen molar-refractivity contribution in [3.05, 3.63) is 71.0 Å². The van der Waals surface area contributed by atoms with Crippen LogP contribution < -0.4 is 5.32 Å². The van der Waals surface area contributed by atoms with Crippen LogP contribution in [0.2, 0.25) is 0 Å². The lowest BCUT2D eigenvalue weighted by molar-refractivity contribution is -0.140. The van der Waals surface area contributed by atoms with Crippen LogP contribution in [0.5, 0.6) is 0 Å². The van der Waals surface area contributed by atoms with Crippen molar-refractivity contribution in [2.45, 2.75) is 6.54 Å². The summed E-state index contributed by atoms with van der Waals surface area (Å²) in [6.07, 6.45) is 3.40. The Morgan fingerprint density at radius 2 is 1.84 bits per heavy atom. The van der Waals surface area contributed by atoms with Crippen molar-refractivity contribution in [2.24, 2.45) is 0 Å². The zero-order valence-electron chi connectivity index (χ0n) is 16.4. The monoisotopic (exact) mass is 469 g/mol. The molecule has 162 valence electrons. The minimum absolute atomic E-state index is 0.00566. The van der Waals surface area contributed by atoms with Crippen LogP contribution in [0.1, 0.15) is 5.56 Å². The first-order valence-corrected chi connectivity index (χ1v) is 10.6. The standard InChI is InChI=1S/C22H16FN3O4S2/c23-14-5-7-15(8-6-14)24-19(27)11-25-10-13(16-3-1-2-4-17(16)25)9-18-21(30)26(12-20(28)29)22(31)32-18/h1-10H,11-12H2,(H,24,27)(H,28,29)/b18-9+. The van der Waals surface area contributed by atoms with Gasteiger partial charge in [0.2, 0.25) is 5.91 Å². The molecule has 0 aliphatic carbocycles. The zero-order valence-corrected chi connectivity index (χ0v) is 18.1. The van der Waals surface area contributed by atoms with E-state index in [1.165, 1.54) is 24.3 Å². The number of carbonyl (C=O) groups is 3. The van der Waals surface area contributed by atoms with Gasteiger partial charge in [0.1, 0.15) is 23.2 Å². The number of halogens is 1. The maximum atomic E-state index is 13.1. The van der Waals surface area contributed by atoms with E-state index in [2.05, 4.69) is 5.32 Å². The highest BCUT2D eigenvalue weighted by atomic mass is 32.2. The van der Waals surface area contributed by atoms with Gasteiger partial charge in [0, 0.05) is 28.4 Å². The molecule has 2 aromatic carbocycles. The van der Waals surface area contributed by atoms with Gasteiger partial charge in [-0.1, -0.05) is 42.2 Å². The second kappa shape index (κ2) is 8.93. The van der Waals surface area contributed by atoms with E-state index in [1.54, 1.807) is 16.8 Å². The number of carboxylic acid groups (broad SMARTS) is 1. The van der Waals surface area contributed by atoms with Crippen LogP contribution in [0, 0.1) is 5.82 Å². The van der Waals surface area contributed by atoms with Gasteiger partial charge in [-0.15, -0.1) is 0 Å². The maximum Gasteiger partial charge on any atom is 0.323 e. The molecule has 0 saturated carbocycles. The van der Waals surface area contributed by atoms with Crippen molar-refractivity contribution in [1.29, 1.82) is 0 Å². The van der Waals surface area contributed by atoms with Crippen LogP contribution in [0.25, 0.3) is 17.0 Å². The molecule has 10 heteroatoms. The highest BCUT2D eigenvalue weighted by molar-refractivity contribution is 8.26. The number of fused-ring (bicyclic) bond motifs is 1. The van der Waals surface area contributed by atoms with Gasteiger partial charge in [0.25, 0.3) is 5.91 Å². The molecule has 4 rings (SSSR count). The molecule has 3 aromatic rings. The molecule has 0 bridgehead atoms. The van der Waals surface area contributed by atoms with Gasteiger partial charge in [0.05, 0.1) is 4.91 Å². The number of nitrogens with zero attached hydrogens (tertiary/aromatic N) is 2. The molecule has 0 radical (unpaired) electrons. The van der Waals surface area contributed by atoms with Gasteiger partial charge in [-0.25, -0.2) is 4.39 Å². The van der Waals surface area contributed by atoms with E-state index in [1.807, 2.05) is 24.3 Å². The van der Waals surface area contributed by atoms with Crippen molar-refractivity contribution in [3.8, 4) is 0 Å². The van der Waals surface area contributed by atoms with E-state index in [0.717, 1.165) is 27.6 Å². The van der Waals surface area contributed by atoms with E-state index in [-0.39, 0.29) is 16.8 Å². The topological polar surface area (TPSA) is 91.6 Å². The second-order valence-electron chi connectivity index (χ2n) is 6.95. The highest BCUT2D eigenvalue weighted by Crippen LogP contribution is 2.34. The number of nitrogens with one attached hydrogen (secondary N) is 1. The van der Waals surface area contributed by atoms with Crippen molar-refractivity contribution in [3.63, 3.8) is 0 Å². The molecule has 1 aliphatic rings. The van der Waals surface area contributed by atoms with Crippen LogP contribution in [0.4, 0.5) is 10.1 Å². The van der Waals surface area contributed by atoms with Gasteiger partial charge >= 0.3 is 5.97 Å². The zero-order chi connectivity index (χ0) is 22.8. The molecule has 0 spiro atoms. The largest absolute Gasteiger partial charge is 0.480 e. The minimum Gasteiger partial charge on any atom is -0.480 e. The molecule has 1 fully saturated rings. The molecule has 2 N–H and O–H groups in total. The van der Waals surface area contributed by atoms with Crippen LogP contribution in [0.3, 0.4) is 0 Å². The molecule has 32 heavy (non-hydrogen) atoms. The summed E-state index contributed by atoms with van der Waals surface area (Å²) in [6.45, 7) is -0.487. The van der Waals surface area contributed by atoms with E-state index < -0.39 is 24.2 Å². The number of rotatable bonds is 6. The average Bonchev–Trinajstić information content (AvgIpc) is 3.22. The second-order valence-corrected chi connectivity index (χ2v) is 8.62. The Morgan fingerprint density at radius 3 is 2.56 bits per heavy atom. The Hall–Kier alpha value is -3.50. The normalized spacial score (nSPS) is 15.0. The average molecular weight is 470 g/mol. The molecule has 7 nitrogen and oxygen atoms in total. The maximum absolute atomic E-state index is 13.1. The fourth-order valence-corrected chi connectivity index (χ4v) is 4.57. The lowest BCUT2D eigenvalue weighted by atomic mass is 10.1. The molecule has 2 heterocycles. The predicted molar refractivity (Wildman–Crippen MR) is 124 cm³/mol. The molecule has 1 saturated heterocycles. The Bertz CT molecular complexity index is 1280. The van der Waals surface area contributed by atoms with E-state index in [0.29, 0.717) is 16.2 Å². The Labute approximate surface area is 191 Å². The number of amides is 2. The smallest absolute Gasteiger partial charge is 0.323 e. The number of thiocarbonyl (C=S) groups is 1. The van der Waals surface area contributed by atoms with Gasteiger partial charge in [-0.05, 0) is 36.4 Å². The van der Waals surface area contributed by atoms with Crippen LogP contribution in [0.15, 0.2) is 59.6 Å². The van der Waals surface area contributed by atoms with Crippen molar-refractivity contribution >= 4 is 68.8 Å². The summed E-state index contributed by atoms with van der Waals surface area (Å²) >= 11 is 6.18. The third kappa shape index (κ3) is 4.56. The van der Waals surface area contributed by atoms with Crippen molar-refractivity contribution < 1.29 is 23.9 Å². The first kappa shape index (κ1) is 21.7. The Morgan fingerprint density at radius 1 is 1.12 bits per heavy atom. The van der Waals surface area contributed by atoms with E-state index >= 15 is 0 Å². The number of hydrogen-bond donors (Lipinski definition) is 2. The fraction of sp³-hybridized carbons (Fsp3) is 0.0909. The first-order valence-electron chi connectivity index (χ1n) is 9.42. The number of hydrogen-bond acceptors (Lipinski definition) is 5. The number of thioether (sulfide) groups is 1. The summed E-state index contributed by atoms with van der Waals surface area (Å²) in [5, 5.41) is 12.5. The van der Waals surface area contributed by atoms with Gasteiger partial charge in [0.15, 0.2) is 0 Å². The van der Waals surface area contributed by atoms with E-state index in [4.69, 9.17) is 17.3 Å². The summed E-state index contributed by atoms with van der Waals surface area (Å²) in [5.41, 5.74) is 1.97. The highest BCUT2D eigenvalue weighted by Gasteiger charge is 2.33. The molecule has 1 aromatic heterocycles. The van der Waals surface area contributed by atoms with Gasteiger partial charge in [-0.3, -0.25) is 19.3 Å². The van der Waals surface area contributed by atoms with Gasteiger partial charge < -0.3 is 15.0 Å². The number of benzene rings is 2. The van der Waals surface area contributed by atoms with Crippen LogP contribution in [-0.2, 0) is 20.9 Å². The number of anilines is 1. The third-order valence-corrected chi connectivity index (χ3v) is 6.09. The van der Waals surface area contributed by atoms with Gasteiger partial charge in [-0.2, -0.15) is 0 Å². The SMILES string of the molecule is O=C(O)CN1C(=O)/C(=C\c2cn(CC(=O)Nc3ccc(F)cc3)c3ccccc23)SC1=S. The number of carboxylic acids is 1. The van der Waals surface area contributed by atoms with E-state index in [9.17, 15) is 18.8 Å². The minimum atomic E-state index is -1.15. The predicted octanol–water partition coefficient (Wildman–Crippen LogP) is 3.70. The summed E-state index contributed by atoms with van der Waals surface area (Å²) in [5.74, 6) is -2.30. The number of aliphatic carboxylic acids is 1. The summed E-state index contributed by atoms with van der Waals surface area (Å²) in [4.78, 5) is 37.5. The number of carbonyl (C=O) groups excluding carboxylic acids is 2. The summed E-state index contributed by atoms with van der Waals surface area (Å²) in [6, 6.07) is 12.9. The fourth-order valence-electron chi connectivity index (χ4n) is 3.32. The van der Waals surface area contributed by atoms with Crippen LogP contribution >= 0.6 is 24.0 Å². The molecular formula is C22H16FN3O4S2. The van der Waals surface area contributed by atoms with Crippen LogP contribution in [-0.4, -0.2) is 43.2 Å². The molecular weight excluding hydrogens is 453 g/mol. The summed E-state index contributed by atoms with van der Waals surface area (Å²) in [7, 11) is 0. The lowest BCUT2D eigenvalue weighted by Gasteiger charge is -2.10. The molecule has 2 amide bonds. The summed E-state index contributed by atoms with van der Waals surface area (Å²) < 4.78 is 15.0. The first-order chi connectivity index (χ1) is 15.3.